The van der Waals surface area contributed by atoms with Crippen molar-refractivity contribution in [3.8, 4) is 10.4 Å². The van der Waals surface area contributed by atoms with E-state index in [0.717, 1.165) is 33.1 Å². The third-order valence-corrected chi connectivity index (χ3v) is 8.14. The number of piperidine rings is 1. The highest BCUT2D eigenvalue weighted by molar-refractivity contribution is 7.15. The number of rotatable bonds is 5. The molecule has 3 heterocycles. The van der Waals surface area contributed by atoms with Crippen molar-refractivity contribution in [1.82, 2.24) is 14.9 Å². The zero-order valence-electron chi connectivity index (χ0n) is 18.9. The Morgan fingerprint density at radius 2 is 2.03 bits per heavy atom. The van der Waals surface area contributed by atoms with E-state index in [1.807, 2.05) is 42.2 Å². The third kappa shape index (κ3) is 3.51. The molecule has 0 bridgehead atoms. The predicted molar refractivity (Wildman–Crippen MR) is 130 cm³/mol. The van der Waals surface area contributed by atoms with Crippen LogP contribution in [0.3, 0.4) is 0 Å². The molecule has 2 aromatic carbocycles. The van der Waals surface area contributed by atoms with Gasteiger partial charge in [0, 0.05) is 13.1 Å². The molecular formula is C26H26N4O2S. The van der Waals surface area contributed by atoms with Gasteiger partial charge in [0.25, 0.3) is 11.9 Å². The maximum Gasteiger partial charge on any atom is 0.295 e. The summed E-state index contributed by atoms with van der Waals surface area (Å²) in [6.45, 7) is 7.73. The number of amides is 1. The minimum atomic E-state index is 0.0274. The molecule has 4 aromatic rings. The Balaban J connectivity index is 1.26. The van der Waals surface area contributed by atoms with Gasteiger partial charge in [-0.05, 0) is 49.3 Å². The predicted octanol–water partition coefficient (Wildman–Crippen LogP) is 5.39. The van der Waals surface area contributed by atoms with Crippen LogP contribution in [0.25, 0.3) is 21.5 Å². The number of nitrogens with zero attached hydrogens (tertiary/aromatic N) is 3. The molecule has 1 saturated carbocycles. The first kappa shape index (κ1) is 20.4. The minimum absolute atomic E-state index is 0.0274. The molecule has 1 saturated heterocycles. The number of likely N-dealkylation sites (tertiary alicyclic amines) is 1. The van der Waals surface area contributed by atoms with Crippen molar-refractivity contribution >= 4 is 34.4 Å². The molecule has 1 amide bonds. The fourth-order valence-corrected chi connectivity index (χ4v) is 6.29. The Labute approximate surface area is 196 Å². The van der Waals surface area contributed by atoms with Crippen molar-refractivity contribution in [2.45, 2.75) is 26.8 Å². The van der Waals surface area contributed by atoms with Crippen molar-refractivity contribution in [1.29, 1.82) is 0 Å². The van der Waals surface area contributed by atoms with Gasteiger partial charge in [-0.3, -0.25) is 4.79 Å². The summed E-state index contributed by atoms with van der Waals surface area (Å²) in [7, 11) is 0. The number of thiazole rings is 1. The number of hydrogen-bond donors (Lipinski definition) is 1. The second-order valence-corrected chi connectivity index (χ2v) is 10.5. The number of fused-ring (bicyclic) bond motifs is 2. The van der Waals surface area contributed by atoms with Gasteiger partial charge in [-0.2, -0.15) is 4.98 Å². The van der Waals surface area contributed by atoms with Gasteiger partial charge in [-0.15, -0.1) is 11.3 Å². The molecule has 0 spiro atoms. The van der Waals surface area contributed by atoms with Crippen LogP contribution >= 0.6 is 11.3 Å². The van der Waals surface area contributed by atoms with Crippen LogP contribution in [0.4, 0.5) is 6.01 Å². The first-order valence-electron chi connectivity index (χ1n) is 11.4. The summed E-state index contributed by atoms with van der Waals surface area (Å²) in [4.78, 5) is 26.0. The Hall–Kier alpha value is -3.19. The number of benzene rings is 2. The summed E-state index contributed by atoms with van der Waals surface area (Å²) in [5.74, 6) is 1.73. The van der Waals surface area contributed by atoms with Gasteiger partial charge in [0.1, 0.15) is 11.2 Å². The van der Waals surface area contributed by atoms with Crippen LogP contribution in [0.1, 0.15) is 28.0 Å². The Morgan fingerprint density at radius 3 is 2.85 bits per heavy atom. The lowest BCUT2D eigenvalue weighted by Crippen LogP contribution is -2.43. The number of carbonyl (C=O) groups is 1. The zero-order chi connectivity index (χ0) is 22.7. The van der Waals surface area contributed by atoms with E-state index in [4.69, 9.17) is 4.42 Å². The Bertz CT molecular complexity index is 1330. The van der Waals surface area contributed by atoms with E-state index in [-0.39, 0.29) is 11.9 Å². The maximum atomic E-state index is 13.8. The van der Waals surface area contributed by atoms with Crippen LogP contribution < -0.4 is 5.32 Å². The monoisotopic (exact) mass is 458 g/mol. The van der Waals surface area contributed by atoms with Crippen LogP contribution in [0.15, 0.2) is 52.9 Å². The standard InChI is InChI=1S/C26H26N4O2S/c1-14-7-6-8-17(11-14)24-23(28-16(3)33-24)25(31)30-13-18-15(2)22(18)20(30)12-27-26-29-19-9-4-5-10-21(19)32-26/h4-11,15,18,20,22H,12-13H2,1-3H3,(H,27,29)/t15?,18?,20-,22?/m1/s1. The molecule has 4 atom stereocenters. The van der Waals surface area contributed by atoms with Crippen LogP contribution in [-0.4, -0.2) is 39.9 Å². The molecule has 2 aromatic heterocycles. The summed E-state index contributed by atoms with van der Waals surface area (Å²) in [5, 5.41) is 4.27. The highest BCUT2D eigenvalue weighted by atomic mass is 32.1. The van der Waals surface area contributed by atoms with Gasteiger partial charge in [0.15, 0.2) is 5.58 Å². The second-order valence-electron chi connectivity index (χ2n) is 9.27. The summed E-state index contributed by atoms with van der Waals surface area (Å²) >= 11 is 1.59. The normalized spacial score (nSPS) is 23.7. The summed E-state index contributed by atoms with van der Waals surface area (Å²) in [6, 6.07) is 16.6. The van der Waals surface area contributed by atoms with Crippen molar-refractivity contribution in [3.05, 3.63) is 64.8 Å². The summed E-state index contributed by atoms with van der Waals surface area (Å²) in [5.41, 5.74) is 4.40. The quantitative estimate of drug-likeness (QED) is 0.434. The molecule has 6 rings (SSSR count). The number of para-hydroxylation sites is 2. The number of aryl methyl sites for hydroxylation is 2. The average molecular weight is 459 g/mol. The van der Waals surface area contributed by atoms with E-state index < -0.39 is 0 Å². The molecule has 6 nitrogen and oxygen atoms in total. The zero-order valence-corrected chi connectivity index (χ0v) is 19.7. The van der Waals surface area contributed by atoms with Gasteiger partial charge in [0.2, 0.25) is 0 Å². The van der Waals surface area contributed by atoms with E-state index in [1.54, 1.807) is 11.3 Å². The molecule has 33 heavy (non-hydrogen) atoms. The minimum Gasteiger partial charge on any atom is -0.424 e. The van der Waals surface area contributed by atoms with Crippen LogP contribution in [0.5, 0.6) is 0 Å². The van der Waals surface area contributed by atoms with Gasteiger partial charge >= 0.3 is 0 Å². The fraction of sp³-hybridized carbons (Fsp3) is 0.346. The van der Waals surface area contributed by atoms with Crippen LogP contribution in [-0.2, 0) is 0 Å². The largest absolute Gasteiger partial charge is 0.424 e. The fourth-order valence-electron chi connectivity index (χ4n) is 5.38. The Kier molecular flexibility index (Phi) is 4.76. The summed E-state index contributed by atoms with van der Waals surface area (Å²) in [6.07, 6.45) is 0. The molecule has 1 N–H and O–H groups in total. The number of hydrogen-bond acceptors (Lipinski definition) is 6. The van der Waals surface area contributed by atoms with Gasteiger partial charge < -0.3 is 14.6 Å². The number of carbonyl (C=O) groups excluding carboxylic acids is 1. The number of nitrogens with one attached hydrogen (secondary N) is 1. The highest BCUT2D eigenvalue weighted by Crippen LogP contribution is 2.55. The van der Waals surface area contributed by atoms with Gasteiger partial charge in [-0.1, -0.05) is 48.9 Å². The SMILES string of the molecule is Cc1cccc(-c2sc(C)nc2C(=O)N2CC3C(C)C3[C@H]2CNc2nc3ccccc3o2)c1. The summed E-state index contributed by atoms with van der Waals surface area (Å²) < 4.78 is 5.84. The lowest BCUT2D eigenvalue weighted by Gasteiger charge is -2.28. The molecular weight excluding hydrogens is 432 g/mol. The molecule has 7 heteroatoms. The second kappa shape index (κ2) is 7.70. The van der Waals surface area contributed by atoms with Crippen molar-refractivity contribution in [3.63, 3.8) is 0 Å². The Morgan fingerprint density at radius 1 is 1.18 bits per heavy atom. The number of anilines is 1. The third-order valence-electron chi connectivity index (χ3n) is 7.12. The first-order chi connectivity index (χ1) is 16.0. The molecule has 1 aliphatic heterocycles. The molecule has 2 fully saturated rings. The van der Waals surface area contributed by atoms with E-state index >= 15 is 0 Å². The van der Waals surface area contributed by atoms with Gasteiger partial charge in [-0.25, -0.2) is 4.98 Å². The first-order valence-corrected chi connectivity index (χ1v) is 12.3. The molecule has 0 radical (unpaired) electrons. The van der Waals surface area contributed by atoms with Crippen molar-refractivity contribution in [2.75, 3.05) is 18.4 Å². The van der Waals surface area contributed by atoms with Gasteiger partial charge in [0.05, 0.1) is 15.9 Å². The van der Waals surface area contributed by atoms with Crippen molar-refractivity contribution < 1.29 is 9.21 Å². The van der Waals surface area contributed by atoms with E-state index in [2.05, 4.69) is 47.3 Å². The lowest BCUT2D eigenvalue weighted by molar-refractivity contribution is 0.0700. The molecule has 1 aliphatic carbocycles. The van der Waals surface area contributed by atoms with Crippen LogP contribution in [0.2, 0.25) is 0 Å². The smallest absolute Gasteiger partial charge is 0.295 e. The number of oxazole rings is 1. The molecule has 168 valence electrons. The van der Waals surface area contributed by atoms with Crippen LogP contribution in [0, 0.1) is 31.6 Å². The van der Waals surface area contributed by atoms with E-state index in [1.165, 1.54) is 5.56 Å². The van der Waals surface area contributed by atoms with E-state index in [9.17, 15) is 4.79 Å². The van der Waals surface area contributed by atoms with E-state index in [0.29, 0.717) is 36.0 Å². The highest BCUT2D eigenvalue weighted by Gasteiger charge is 2.60. The van der Waals surface area contributed by atoms with Crippen molar-refractivity contribution in [2.24, 2.45) is 17.8 Å². The topological polar surface area (TPSA) is 71.3 Å². The molecule has 2 aliphatic rings. The number of aromatic nitrogens is 2. The molecule has 3 unspecified atom stereocenters. The lowest BCUT2D eigenvalue weighted by atomic mass is 10.1. The maximum absolute atomic E-state index is 13.8. The average Bonchev–Trinajstić information content (AvgIpc) is 3.20.